The molecular weight excluding hydrogens is 166 g/mol. The minimum atomic E-state index is 0.119. The van der Waals surface area contributed by atoms with Gasteiger partial charge in [0, 0.05) is 13.2 Å². The van der Waals surface area contributed by atoms with Crippen molar-refractivity contribution in [1.82, 2.24) is 5.32 Å². The molecule has 1 aliphatic rings. The lowest BCUT2D eigenvalue weighted by Crippen LogP contribution is -2.44. The second kappa shape index (κ2) is 6.35. The van der Waals surface area contributed by atoms with Gasteiger partial charge in [0.25, 0.3) is 0 Å². The van der Waals surface area contributed by atoms with Crippen molar-refractivity contribution < 1.29 is 9.84 Å². The summed E-state index contributed by atoms with van der Waals surface area (Å²) >= 11 is 0. The smallest absolute Gasteiger partial charge is 0.0638 e. The first kappa shape index (κ1) is 11.0. The van der Waals surface area contributed by atoms with Gasteiger partial charge < -0.3 is 15.2 Å². The molecule has 78 valence electrons. The summed E-state index contributed by atoms with van der Waals surface area (Å²) in [6.45, 7) is 0.775. The third kappa shape index (κ3) is 4.07. The molecule has 0 bridgehead atoms. The molecule has 0 aromatic carbocycles. The predicted octanol–water partition coefficient (Wildman–Crippen LogP) is 0.916. The van der Waals surface area contributed by atoms with Crippen LogP contribution >= 0.6 is 0 Å². The normalized spacial score (nSPS) is 21.7. The van der Waals surface area contributed by atoms with Gasteiger partial charge in [0.1, 0.15) is 0 Å². The summed E-state index contributed by atoms with van der Waals surface area (Å²) in [5, 5.41) is 12.5. The van der Waals surface area contributed by atoms with Crippen LogP contribution in [0.2, 0.25) is 0 Å². The Kier molecular flexibility index (Phi) is 5.35. The standard InChI is InChI=1S/C10H21NO2/c1-13-8-10(7-12)11-9-5-3-2-4-6-9/h9-12H,2-8H2,1H3. The van der Waals surface area contributed by atoms with E-state index in [4.69, 9.17) is 9.84 Å². The van der Waals surface area contributed by atoms with Crippen molar-refractivity contribution in [2.75, 3.05) is 20.3 Å². The van der Waals surface area contributed by atoms with E-state index in [1.165, 1.54) is 32.1 Å². The van der Waals surface area contributed by atoms with E-state index in [1.54, 1.807) is 7.11 Å². The van der Waals surface area contributed by atoms with Crippen LogP contribution in [0.25, 0.3) is 0 Å². The van der Waals surface area contributed by atoms with Crippen molar-refractivity contribution in [1.29, 1.82) is 0 Å². The zero-order chi connectivity index (χ0) is 9.52. The fraction of sp³-hybridized carbons (Fsp3) is 1.00. The SMILES string of the molecule is COCC(CO)NC1CCCCC1. The van der Waals surface area contributed by atoms with Gasteiger partial charge >= 0.3 is 0 Å². The monoisotopic (exact) mass is 187 g/mol. The number of aliphatic hydroxyl groups is 1. The number of rotatable bonds is 5. The van der Waals surface area contributed by atoms with Gasteiger partial charge in [-0.1, -0.05) is 19.3 Å². The molecule has 1 saturated carbocycles. The van der Waals surface area contributed by atoms with E-state index in [0.717, 1.165) is 0 Å². The second-order valence-electron chi connectivity index (χ2n) is 3.84. The van der Waals surface area contributed by atoms with Gasteiger partial charge in [0.05, 0.1) is 19.3 Å². The molecule has 13 heavy (non-hydrogen) atoms. The van der Waals surface area contributed by atoms with Crippen LogP contribution in [-0.2, 0) is 4.74 Å². The van der Waals surface area contributed by atoms with Crippen molar-refractivity contribution in [3.63, 3.8) is 0 Å². The Hall–Kier alpha value is -0.120. The Morgan fingerprint density at radius 2 is 2.08 bits per heavy atom. The van der Waals surface area contributed by atoms with E-state index in [2.05, 4.69) is 5.32 Å². The molecule has 2 N–H and O–H groups in total. The number of hydrogen-bond donors (Lipinski definition) is 2. The Morgan fingerprint density at radius 3 is 2.62 bits per heavy atom. The number of hydrogen-bond acceptors (Lipinski definition) is 3. The zero-order valence-corrected chi connectivity index (χ0v) is 8.46. The molecule has 3 nitrogen and oxygen atoms in total. The van der Waals surface area contributed by atoms with Gasteiger partial charge in [-0.15, -0.1) is 0 Å². The molecule has 1 unspecified atom stereocenters. The molecule has 0 radical (unpaired) electrons. The molecule has 0 spiro atoms. The molecule has 0 aromatic rings. The highest BCUT2D eigenvalue weighted by Gasteiger charge is 2.16. The lowest BCUT2D eigenvalue weighted by molar-refractivity contribution is 0.118. The van der Waals surface area contributed by atoms with Crippen molar-refractivity contribution >= 4 is 0 Å². The number of aliphatic hydroxyl groups excluding tert-OH is 1. The number of ether oxygens (including phenoxy) is 1. The molecule has 0 aliphatic heterocycles. The Morgan fingerprint density at radius 1 is 1.38 bits per heavy atom. The van der Waals surface area contributed by atoms with Crippen LogP contribution in [0.4, 0.5) is 0 Å². The van der Waals surface area contributed by atoms with Gasteiger partial charge in [-0.2, -0.15) is 0 Å². The third-order valence-corrected chi connectivity index (χ3v) is 2.66. The Bertz CT molecular complexity index is 121. The van der Waals surface area contributed by atoms with E-state index in [0.29, 0.717) is 12.6 Å². The van der Waals surface area contributed by atoms with Crippen molar-refractivity contribution in [2.24, 2.45) is 0 Å². The molecule has 1 fully saturated rings. The van der Waals surface area contributed by atoms with Gasteiger partial charge in [-0.3, -0.25) is 0 Å². The quantitative estimate of drug-likeness (QED) is 0.672. The molecule has 1 aliphatic carbocycles. The van der Waals surface area contributed by atoms with E-state index in [1.807, 2.05) is 0 Å². The topological polar surface area (TPSA) is 41.5 Å². The van der Waals surface area contributed by atoms with Gasteiger partial charge in [-0.25, -0.2) is 0 Å². The first-order valence-corrected chi connectivity index (χ1v) is 5.22. The summed E-state index contributed by atoms with van der Waals surface area (Å²) in [5.41, 5.74) is 0. The van der Waals surface area contributed by atoms with Gasteiger partial charge in [-0.05, 0) is 12.8 Å². The molecule has 1 atom stereocenters. The average Bonchev–Trinajstić information content (AvgIpc) is 2.19. The predicted molar refractivity (Wildman–Crippen MR) is 52.8 cm³/mol. The lowest BCUT2D eigenvalue weighted by Gasteiger charge is -2.27. The van der Waals surface area contributed by atoms with E-state index < -0.39 is 0 Å². The highest BCUT2D eigenvalue weighted by Crippen LogP contribution is 2.17. The Balaban J connectivity index is 2.18. The molecule has 1 rings (SSSR count). The maximum absolute atomic E-state index is 9.05. The van der Waals surface area contributed by atoms with Gasteiger partial charge in [0.2, 0.25) is 0 Å². The van der Waals surface area contributed by atoms with Crippen LogP contribution in [0.15, 0.2) is 0 Å². The van der Waals surface area contributed by atoms with E-state index >= 15 is 0 Å². The largest absolute Gasteiger partial charge is 0.395 e. The maximum atomic E-state index is 9.05. The van der Waals surface area contributed by atoms with Crippen LogP contribution in [0, 0.1) is 0 Å². The molecular formula is C10H21NO2. The minimum absolute atomic E-state index is 0.119. The molecule has 0 amide bonds. The highest BCUT2D eigenvalue weighted by atomic mass is 16.5. The first-order valence-electron chi connectivity index (χ1n) is 5.22. The average molecular weight is 187 g/mol. The van der Waals surface area contributed by atoms with Crippen molar-refractivity contribution in [3.05, 3.63) is 0 Å². The summed E-state index contributed by atoms with van der Waals surface area (Å²) in [5.74, 6) is 0. The first-order chi connectivity index (χ1) is 6.36. The van der Waals surface area contributed by atoms with Crippen molar-refractivity contribution in [2.45, 2.75) is 44.2 Å². The number of nitrogens with one attached hydrogen (secondary N) is 1. The molecule has 0 aromatic heterocycles. The molecule has 3 heteroatoms. The van der Waals surface area contributed by atoms with Crippen LogP contribution in [-0.4, -0.2) is 37.5 Å². The van der Waals surface area contributed by atoms with Crippen LogP contribution in [0.3, 0.4) is 0 Å². The summed E-state index contributed by atoms with van der Waals surface area (Å²) in [6, 6.07) is 0.717. The molecule has 0 heterocycles. The van der Waals surface area contributed by atoms with Crippen LogP contribution < -0.4 is 5.32 Å². The Labute approximate surface area is 80.5 Å². The second-order valence-corrected chi connectivity index (χ2v) is 3.84. The highest BCUT2D eigenvalue weighted by molar-refractivity contribution is 4.76. The number of methoxy groups -OCH3 is 1. The zero-order valence-electron chi connectivity index (χ0n) is 8.46. The maximum Gasteiger partial charge on any atom is 0.0638 e. The van der Waals surface area contributed by atoms with Gasteiger partial charge in [0.15, 0.2) is 0 Å². The fourth-order valence-corrected chi connectivity index (χ4v) is 1.96. The summed E-state index contributed by atoms with van der Waals surface area (Å²) in [4.78, 5) is 0. The fourth-order valence-electron chi connectivity index (χ4n) is 1.96. The van der Waals surface area contributed by atoms with Crippen LogP contribution in [0.5, 0.6) is 0 Å². The third-order valence-electron chi connectivity index (χ3n) is 2.66. The molecule has 0 saturated heterocycles. The lowest BCUT2D eigenvalue weighted by atomic mass is 9.95. The van der Waals surface area contributed by atoms with Crippen molar-refractivity contribution in [3.8, 4) is 0 Å². The van der Waals surface area contributed by atoms with E-state index in [9.17, 15) is 0 Å². The van der Waals surface area contributed by atoms with E-state index in [-0.39, 0.29) is 12.6 Å². The summed E-state index contributed by atoms with van der Waals surface area (Å²) < 4.78 is 5.01. The summed E-state index contributed by atoms with van der Waals surface area (Å²) in [7, 11) is 1.67. The van der Waals surface area contributed by atoms with Crippen LogP contribution in [0.1, 0.15) is 32.1 Å². The summed E-state index contributed by atoms with van der Waals surface area (Å²) in [6.07, 6.45) is 6.51. The minimum Gasteiger partial charge on any atom is -0.395 e.